The van der Waals surface area contributed by atoms with Crippen molar-refractivity contribution in [3.05, 3.63) is 24.4 Å². The van der Waals surface area contributed by atoms with Crippen LogP contribution >= 0.6 is 23.5 Å². The van der Waals surface area contributed by atoms with Gasteiger partial charge in [-0.15, -0.1) is 28.6 Å². The summed E-state index contributed by atoms with van der Waals surface area (Å²) in [5.74, 6) is -0.541. The standard InChI is InChI=1S/C54H101N9O17S2/c1-45(55-12-13-56-48(64)37-57-49(65)38-58-50(66)39-59-51(67)42-80-61-47(43-81-53(5,6)7)44-82-54(8,9)10)79-41-46-40-63(62-60-46)14-16-69-18-20-71-22-24-73-26-28-75-30-32-77-34-36-78-35-33-76-31-29-74-27-25-72-23-21-70-19-17-68-15-11-52(2,3)4/h40,55H,1,11-39,41-44H2,2-10H3,(H,56,64)(H,57,65)(H,58,66)(H,59,67). The molecule has 1 rings (SSSR count). The second-order valence-corrected chi connectivity index (χ2v) is 24.7. The highest BCUT2D eigenvalue weighted by atomic mass is 32.2. The van der Waals surface area contributed by atoms with Crippen LogP contribution in [0.2, 0.25) is 0 Å². The summed E-state index contributed by atoms with van der Waals surface area (Å²) in [5, 5.41) is 25.2. The molecule has 5 N–H and O–H groups in total. The number of hydrogen-bond acceptors (Lipinski definition) is 23. The fourth-order valence-electron chi connectivity index (χ4n) is 5.62. The van der Waals surface area contributed by atoms with Crippen molar-refractivity contribution in [3.8, 4) is 0 Å². The van der Waals surface area contributed by atoms with Crippen molar-refractivity contribution < 1.29 is 80.9 Å². The smallest absolute Gasteiger partial charge is 0.261 e. The van der Waals surface area contributed by atoms with Crippen molar-refractivity contribution in [2.24, 2.45) is 10.6 Å². The fourth-order valence-corrected chi connectivity index (χ4v) is 7.26. The van der Waals surface area contributed by atoms with E-state index in [0.717, 1.165) is 18.7 Å². The summed E-state index contributed by atoms with van der Waals surface area (Å²) in [7, 11) is 0. The van der Waals surface area contributed by atoms with Crippen molar-refractivity contribution >= 4 is 52.9 Å². The van der Waals surface area contributed by atoms with Crippen LogP contribution in [-0.2, 0) is 94.0 Å². The number of carbonyl (C=O) groups is 4. The van der Waals surface area contributed by atoms with Crippen LogP contribution in [0.5, 0.6) is 0 Å². The zero-order valence-electron chi connectivity index (χ0n) is 50.7. The lowest BCUT2D eigenvalue weighted by Gasteiger charge is -2.20. The quantitative estimate of drug-likeness (QED) is 0.0271. The van der Waals surface area contributed by atoms with Crippen LogP contribution in [0.15, 0.2) is 23.8 Å². The topological polar surface area (TPSA) is 291 Å². The normalized spacial score (nSPS) is 11.8. The molecular weight excluding hydrogens is 1110 g/mol. The first-order valence-electron chi connectivity index (χ1n) is 28.0. The molecule has 0 aliphatic carbocycles. The van der Waals surface area contributed by atoms with Gasteiger partial charge in [-0.3, -0.25) is 19.2 Å². The molecule has 28 heteroatoms. The van der Waals surface area contributed by atoms with Gasteiger partial charge in [-0.2, -0.15) is 0 Å². The van der Waals surface area contributed by atoms with Gasteiger partial charge in [0, 0.05) is 40.7 Å². The average molecular weight is 1210 g/mol. The number of thioether (sulfide) groups is 2. The van der Waals surface area contributed by atoms with Crippen molar-refractivity contribution in [1.82, 2.24) is 41.6 Å². The van der Waals surface area contributed by atoms with Gasteiger partial charge in [0.25, 0.3) is 5.91 Å². The number of ether oxygens (including phenoxy) is 12. The Labute approximate surface area is 495 Å². The molecule has 0 bridgehead atoms. The molecule has 0 aromatic carbocycles. The monoisotopic (exact) mass is 1210 g/mol. The number of oxime groups is 1. The van der Waals surface area contributed by atoms with E-state index in [1.54, 1.807) is 34.4 Å². The minimum absolute atomic E-state index is 0.0437. The van der Waals surface area contributed by atoms with E-state index in [1.165, 1.54) is 0 Å². The van der Waals surface area contributed by atoms with Crippen LogP contribution in [0.3, 0.4) is 0 Å². The van der Waals surface area contributed by atoms with E-state index in [1.807, 2.05) is 0 Å². The highest BCUT2D eigenvalue weighted by Crippen LogP contribution is 2.27. The third-order valence-corrected chi connectivity index (χ3v) is 12.7. The number of carbonyl (C=O) groups excluding carboxylic acids is 4. The van der Waals surface area contributed by atoms with E-state index in [2.05, 4.69) is 111 Å². The lowest BCUT2D eigenvalue weighted by molar-refractivity contribution is -0.130. The summed E-state index contributed by atoms with van der Waals surface area (Å²) in [6.07, 6.45) is 2.77. The molecule has 0 saturated heterocycles. The molecule has 0 spiro atoms. The SMILES string of the molecule is C=C(NCCNC(=O)CNC(=O)CNC(=O)CNC(=O)CON=C(CSC(C)(C)C)CSC(C)(C)C)OCc1cn(CCOCCOCCOCCOCCOCCOCCOCCOCCOCCOCCOCCC(C)(C)C)nn1. The van der Waals surface area contributed by atoms with Gasteiger partial charge in [-0.25, -0.2) is 4.68 Å². The lowest BCUT2D eigenvalue weighted by Crippen LogP contribution is -2.45. The van der Waals surface area contributed by atoms with E-state index >= 15 is 0 Å². The third kappa shape index (κ3) is 54.1. The molecule has 0 aliphatic heterocycles. The Morgan fingerprint density at radius 3 is 1.24 bits per heavy atom. The molecule has 82 heavy (non-hydrogen) atoms. The molecule has 4 amide bonds. The van der Waals surface area contributed by atoms with Crippen LogP contribution in [0.1, 0.15) is 74.4 Å². The Balaban J connectivity index is 1.89. The second-order valence-electron chi connectivity index (χ2n) is 21.1. The van der Waals surface area contributed by atoms with Crippen molar-refractivity contribution in [1.29, 1.82) is 0 Å². The van der Waals surface area contributed by atoms with E-state index < -0.39 is 23.6 Å². The Morgan fingerprint density at radius 2 is 0.854 bits per heavy atom. The highest BCUT2D eigenvalue weighted by Gasteiger charge is 2.18. The molecule has 476 valence electrons. The van der Waals surface area contributed by atoms with Gasteiger partial charge in [-0.1, -0.05) is 72.7 Å². The molecule has 0 saturated carbocycles. The van der Waals surface area contributed by atoms with Gasteiger partial charge in [0.15, 0.2) is 12.5 Å². The minimum Gasteiger partial charge on any atom is -0.473 e. The summed E-state index contributed by atoms with van der Waals surface area (Å²) in [6, 6.07) is 0. The summed E-state index contributed by atoms with van der Waals surface area (Å²) in [5.41, 5.74) is 1.70. The fraction of sp³-hybridized carbons (Fsp3) is 0.833. The molecule has 0 aliphatic rings. The summed E-state index contributed by atoms with van der Waals surface area (Å²) in [4.78, 5) is 54.0. The first kappa shape index (κ1) is 76.1. The maximum Gasteiger partial charge on any atom is 0.261 e. The van der Waals surface area contributed by atoms with Crippen LogP contribution in [0, 0.1) is 5.41 Å². The zero-order chi connectivity index (χ0) is 60.4. The van der Waals surface area contributed by atoms with Crippen LogP contribution < -0.4 is 26.6 Å². The van der Waals surface area contributed by atoms with Gasteiger partial charge in [0.2, 0.25) is 17.7 Å². The molecule has 1 aromatic heterocycles. The molecule has 1 heterocycles. The van der Waals surface area contributed by atoms with Crippen molar-refractivity contribution in [3.63, 3.8) is 0 Å². The number of nitrogens with zero attached hydrogens (tertiary/aromatic N) is 4. The molecule has 1 aromatic rings. The highest BCUT2D eigenvalue weighted by molar-refractivity contribution is 8.02. The number of hydrogen-bond donors (Lipinski definition) is 5. The van der Waals surface area contributed by atoms with Crippen LogP contribution in [0.25, 0.3) is 0 Å². The largest absolute Gasteiger partial charge is 0.473 e. The maximum absolute atomic E-state index is 12.2. The Kier molecular flexibility index (Phi) is 45.8. The van der Waals surface area contributed by atoms with Crippen LogP contribution in [0.4, 0.5) is 0 Å². The van der Waals surface area contributed by atoms with E-state index in [9.17, 15) is 19.2 Å². The Bertz CT molecular complexity index is 1820. The van der Waals surface area contributed by atoms with Crippen molar-refractivity contribution in [2.75, 3.05) is 196 Å². The van der Waals surface area contributed by atoms with Gasteiger partial charge >= 0.3 is 0 Å². The first-order valence-corrected chi connectivity index (χ1v) is 30.0. The lowest BCUT2D eigenvalue weighted by atomic mass is 9.93. The summed E-state index contributed by atoms with van der Waals surface area (Å²) in [6.45, 7) is 33.8. The maximum atomic E-state index is 12.2. The molecule has 0 fully saturated rings. The summed E-state index contributed by atoms with van der Waals surface area (Å²) < 4.78 is 68.2. The number of aromatic nitrogens is 3. The number of rotatable bonds is 55. The predicted octanol–water partition coefficient (Wildman–Crippen LogP) is 2.38. The van der Waals surface area contributed by atoms with Crippen molar-refractivity contribution in [2.45, 2.75) is 91.4 Å². The van der Waals surface area contributed by atoms with E-state index in [0.29, 0.717) is 169 Å². The molecule has 0 atom stereocenters. The Hall–Kier alpha value is -3.91. The Morgan fingerprint density at radius 1 is 0.500 bits per heavy atom. The van der Waals surface area contributed by atoms with Gasteiger partial charge < -0.3 is 88.3 Å². The number of amides is 4. The van der Waals surface area contributed by atoms with Gasteiger partial charge in [0.1, 0.15) is 12.3 Å². The number of nitrogens with one attached hydrogen (secondary N) is 5. The molecule has 0 unspecified atom stereocenters. The zero-order valence-corrected chi connectivity index (χ0v) is 52.3. The van der Waals surface area contributed by atoms with E-state index in [-0.39, 0.29) is 60.2 Å². The predicted molar refractivity (Wildman–Crippen MR) is 315 cm³/mol. The van der Waals surface area contributed by atoms with Gasteiger partial charge in [0.05, 0.1) is 177 Å². The third-order valence-electron chi connectivity index (χ3n) is 10.0. The first-order chi connectivity index (χ1) is 39.2. The minimum atomic E-state index is -0.587. The van der Waals surface area contributed by atoms with E-state index in [4.69, 9.17) is 61.7 Å². The van der Waals surface area contributed by atoms with Crippen LogP contribution in [-0.4, -0.2) is 250 Å². The average Bonchev–Trinajstić information content (AvgIpc) is 3.89. The molecular formula is C54H101N9O17S2. The second kappa shape index (κ2) is 49.4. The molecule has 0 radical (unpaired) electrons. The van der Waals surface area contributed by atoms with Gasteiger partial charge in [-0.05, 0) is 18.4 Å². The molecule has 26 nitrogen and oxygen atoms in total. The summed E-state index contributed by atoms with van der Waals surface area (Å²) >= 11 is 3.47.